The molecule has 0 spiro atoms. The molecule has 0 aliphatic rings. The number of rotatable bonds is 5. The van der Waals surface area contributed by atoms with Gasteiger partial charge in [0, 0.05) is 5.57 Å². The van der Waals surface area contributed by atoms with E-state index in [-0.39, 0.29) is 5.57 Å². The molecule has 7 heteroatoms. The Kier molecular flexibility index (Phi) is 4.27. The van der Waals surface area contributed by atoms with Crippen LogP contribution in [0.5, 0.6) is 0 Å². The van der Waals surface area contributed by atoms with Gasteiger partial charge >= 0.3 is 17.8 Å². The molecule has 0 saturated carbocycles. The Labute approximate surface area is 83.3 Å². The van der Waals surface area contributed by atoms with Crippen molar-refractivity contribution in [3.05, 3.63) is 12.2 Å². The summed E-state index contributed by atoms with van der Waals surface area (Å²) >= 11 is 0. The second-order valence-electron chi connectivity index (χ2n) is 2.92. The third-order valence-corrected chi connectivity index (χ3v) is 1.47. The van der Waals surface area contributed by atoms with E-state index in [0.29, 0.717) is 0 Å². The molecule has 1 N–H and O–H groups in total. The molecule has 88 valence electrons. The van der Waals surface area contributed by atoms with Crippen molar-refractivity contribution in [2.75, 3.05) is 13.2 Å². The van der Waals surface area contributed by atoms with E-state index in [4.69, 9.17) is 5.11 Å². The zero-order valence-electron chi connectivity index (χ0n) is 7.90. The zero-order valence-corrected chi connectivity index (χ0v) is 7.90. The standard InChI is InChI=1S/C8H10F4O3/c1-5(2)6(14)15-4-8(11,12)7(9,10)3-13/h13H,1,3-4H2,2H3. The Morgan fingerprint density at radius 2 is 1.80 bits per heavy atom. The maximum Gasteiger partial charge on any atom is 0.345 e. The minimum absolute atomic E-state index is 0.182. The Balaban J connectivity index is 4.40. The second-order valence-corrected chi connectivity index (χ2v) is 2.92. The van der Waals surface area contributed by atoms with Crippen LogP contribution in [0.1, 0.15) is 6.92 Å². The van der Waals surface area contributed by atoms with Gasteiger partial charge in [-0.15, -0.1) is 0 Å². The lowest BCUT2D eigenvalue weighted by Crippen LogP contribution is -2.47. The summed E-state index contributed by atoms with van der Waals surface area (Å²) in [6, 6.07) is 0. The molecule has 0 aliphatic carbocycles. The van der Waals surface area contributed by atoms with Crippen LogP contribution in [0.15, 0.2) is 12.2 Å². The first-order valence-corrected chi connectivity index (χ1v) is 3.83. The van der Waals surface area contributed by atoms with E-state index >= 15 is 0 Å². The molecule has 0 unspecified atom stereocenters. The number of ether oxygens (including phenoxy) is 1. The number of hydrogen-bond acceptors (Lipinski definition) is 3. The highest BCUT2D eigenvalue weighted by Crippen LogP contribution is 2.33. The first kappa shape index (κ1) is 13.9. The molecular weight excluding hydrogens is 220 g/mol. The van der Waals surface area contributed by atoms with E-state index in [2.05, 4.69) is 11.3 Å². The molecule has 0 atom stereocenters. The molecule has 0 saturated heterocycles. The van der Waals surface area contributed by atoms with Crippen molar-refractivity contribution in [1.29, 1.82) is 0 Å². The smallest absolute Gasteiger partial charge is 0.345 e. The highest BCUT2D eigenvalue weighted by atomic mass is 19.3. The van der Waals surface area contributed by atoms with Gasteiger partial charge in [0.05, 0.1) is 0 Å². The fourth-order valence-corrected chi connectivity index (χ4v) is 0.501. The minimum atomic E-state index is -4.62. The van der Waals surface area contributed by atoms with E-state index in [1.165, 1.54) is 6.92 Å². The van der Waals surface area contributed by atoms with Crippen LogP contribution in [-0.2, 0) is 9.53 Å². The zero-order chi connectivity index (χ0) is 12.3. The SMILES string of the molecule is C=C(C)C(=O)OCC(F)(F)C(F)(F)CO. The van der Waals surface area contributed by atoms with Crippen LogP contribution in [0.2, 0.25) is 0 Å². The number of carbonyl (C=O) groups is 1. The van der Waals surface area contributed by atoms with Crippen LogP contribution in [0, 0.1) is 0 Å². The highest BCUT2D eigenvalue weighted by Gasteiger charge is 2.56. The summed E-state index contributed by atoms with van der Waals surface area (Å²) in [7, 11) is 0. The van der Waals surface area contributed by atoms with Gasteiger partial charge in [0.15, 0.2) is 6.61 Å². The van der Waals surface area contributed by atoms with Crippen molar-refractivity contribution in [3.8, 4) is 0 Å². The highest BCUT2D eigenvalue weighted by molar-refractivity contribution is 5.86. The molecule has 15 heavy (non-hydrogen) atoms. The molecule has 0 rings (SSSR count). The number of aliphatic hydroxyl groups excluding tert-OH is 1. The van der Waals surface area contributed by atoms with Crippen molar-refractivity contribution >= 4 is 5.97 Å². The lowest BCUT2D eigenvalue weighted by Gasteiger charge is -2.24. The van der Waals surface area contributed by atoms with Gasteiger partial charge in [-0.2, -0.15) is 17.6 Å². The van der Waals surface area contributed by atoms with Gasteiger partial charge in [-0.1, -0.05) is 6.58 Å². The Morgan fingerprint density at radius 1 is 1.33 bits per heavy atom. The van der Waals surface area contributed by atoms with Crippen LogP contribution in [0.4, 0.5) is 17.6 Å². The van der Waals surface area contributed by atoms with Crippen LogP contribution in [0.3, 0.4) is 0 Å². The van der Waals surface area contributed by atoms with E-state index in [1.807, 2.05) is 0 Å². The summed E-state index contributed by atoms with van der Waals surface area (Å²) in [5, 5.41) is 8.02. The molecule has 0 bridgehead atoms. The monoisotopic (exact) mass is 230 g/mol. The molecular formula is C8H10F4O3. The van der Waals surface area contributed by atoms with E-state index < -0.39 is 31.0 Å². The summed E-state index contributed by atoms with van der Waals surface area (Å²) in [6.07, 6.45) is 0. The molecule has 0 aromatic carbocycles. The quantitative estimate of drug-likeness (QED) is 0.440. The Hall–Kier alpha value is -1.11. The van der Waals surface area contributed by atoms with Gasteiger partial charge < -0.3 is 9.84 Å². The second kappa shape index (κ2) is 4.61. The normalized spacial score (nSPS) is 12.4. The maximum atomic E-state index is 12.6. The van der Waals surface area contributed by atoms with Gasteiger partial charge in [-0.05, 0) is 6.92 Å². The van der Waals surface area contributed by atoms with Gasteiger partial charge in [0.1, 0.15) is 6.61 Å². The van der Waals surface area contributed by atoms with Gasteiger partial charge in [0.2, 0.25) is 0 Å². The molecule has 0 radical (unpaired) electrons. The van der Waals surface area contributed by atoms with Crippen molar-refractivity contribution in [2.24, 2.45) is 0 Å². The Bertz CT molecular complexity index is 263. The lowest BCUT2D eigenvalue weighted by atomic mass is 10.2. The van der Waals surface area contributed by atoms with Crippen molar-refractivity contribution < 1.29 is 32.2 Å². The van der Waals surface area contributed by atoms with Crippen molar-refractivity contribution in [2.45, 2.75) is 18.8 Å². The number of aliphatic hydroxyl groups is 1. The molecule has 0 aromatic heterocycles. The average Bonchev–Trinajstić information content (AvgIpc) is 2.13. The molecule has 0 amide bonds. The van der Waals surface area contributed by atoms with Crippen LogP contribution in [-0.4, -0.2) is 36.1 Å². The average molecular weight is 230 g/mol. The van der Waals surface area contributed by atoms with Gasteiger partial charge in [-0.3, -0.25) is 0 Å². The van der Waals surface area contributed by atoms with Crippen LogP contribution < -0.4 is 0 Å². The third-order valence-electron chi connectivity index (χ3n) is 1.47. The number of esters is 1. The fraction of sp³-hybridized carbons (Fsp3) is 0.625. The summed E-state index contributed by atoms with van der Waals surface area (Å²) < 4.78 is 53.8. The summed E-state index contributed by atoms with van der Waals surface area (Å²) in [5.41, 5.74) is -0.182. The third kappa shape index (κ3) is 3.50. The minimum Gasteiger partial charge on any atom is -0.456 e. The predicted octanol–water partition coefficient (Wildman–Crippen LogP) is 1.37. The number of alkyl halides is 4. The molecule has 3 nitrogen and oxygen atoms in total. The van der Waals surface area contributed by atoms with Crippen molar-refractivity contribution in [3.63, 3.8) is 0 Å². The van der Waals surface area contributed by atoms with Crippen LogP contribution in [0.25, 0.3) is 0 Å². The maximum absolute atomic E-state index is 12.6. The topological polar surface area (TPSA) is 46.5 Å². The largest absolute Gasteiger partial charge is 0.456 e. The molecule has 0 heterocycles. The summed E-state index contributed by atoms with van der Waals surface area (Å²) in [4.78, 5) is 10.6. The van der Waals surface area contributed by atoms with E-state index in [9.17, 15) is 22.4 Å². The predicted molar refractivity (Wildman–Crippen MR) is 42.8 cm³/mol. The summed E-state index contributed by atoms with van der Waals surface area (Å²) in [5.74, 6) is -10.4. The molecule has 0 fully saturated rings. The van der Waals surface area contributed by atoms with Gasteiger partial charge in [-0.25, -0.2) is 4.79 Å². The first-order valence-electron chi connectivity index (χ1n) is 3.83. The fourth-order valence-electron chi connectivity index (χ4n) is 0.501. The Morgan fingerprint density at radius 3 is 2.13 bits per heavy atom. The number of hydrogen-bond donors (Lipinski definition) is 1. The lowest BCUT2D eigenvalue weighted by molar-refractivity contribution is -0.243. The summed E-state index contributed by atoms with van der Waals surface area (Å²) in [6.45, 7) is 0.444. The van der Waals surface area contributed by atoms with Crippen molar-refractivity contribution in [1.82, 2.24) is 0 Å². The molecule has 0 aliphatic heterocycles. The number of halogens is 4. The number of carbonyl (C=O) groups excluding carboxylic acids is 1. The van der Waals surface area contributed by atoms with Crippen LogP contribution >= 0.6 is 0 Å². The van der Waals surface area contributed by atoms with E-state index in [0.717, 1.165) is 0 Å². The molecule has 0 aromatic rings. The van der Waals surface area contributed by atoms with E-state index in [1.54, 1.807) is 0 Å². The van der Waals surface area contributed by atoms with Gasteiger partial charge in [0.25, 0.3) is 0 Å². The first-order chi connectivity index (χ1) is 6.64.